The lowest BCUT2D eigenvalue weighted by molar-refractivity contribution is -0.120. The van der Waals surface area contributed by atoms with Gasteiger partial charge >= 0.3 is 0 Å². The van der Waals surface area contributed by atoms with Crippen molar-refractivity contribution in [2.75, 3.05) is 44.4 Å². The van der Waals surface area contributed by atoms with E-state index in [1.807, 2.05) is 30.5 Å². The topological polar surface area (TPSA) is 85.3 Å². The Labute approximate surface area is 173 Å². The van der Waals surface area contributed by atoms with Crippen molar-refractivity contribution in [3.05, 3.63) is 34.8 Å². The van der Waals surface area contributed by atoms with Crippen molar-refractivity contribution in [2.45, 2.75) is 19.8 Å². The van der Waals surface area contributed by atoms with E-state index in [1.165, 1.54) is 0 Å². The van der Waals surface area contributed by atoms with Crippen LogP contribution in [-0.4, -0.2) is 56.1 Å². The molecule has 1 N–H and O–H groups in total. The Balaban J connectivity index is 1.34. The SMILES string of the molecule is C/C(=N/NC(=O)Cc1csc(N2CCOCC2)n1)c1ccc2c(c1)OCCCO2. The number of amides is 1. The zero-order valence-electron chi connectivity index (χ0n) is 16.3. The minimum absolute atomic E-state index is 0.193. The Bertz CT molecular complexity index is 892. The molecule has 0 atom stereocenters. The highest BCUT2D eigenvalue weighted by Crippen LogP contribution is 2.30. The number of thiazole rings is 1. The summed E-state index contributed by atoms with van der Waals surface area (Å²) in [6.07, 6.45) is 1.05. The number of nitrogens with zero attached hydrogens (tertiary/aromatic N) is 3. The van der Waals surface area contributed by atoms with Gasteiger partial charge in [0, 0.05) is 30.5 Å². The summed E-state index contributed by atoms with van der Waals surface area (Å²) in [5, 5.41) is 7.08. The number of hydrogen-bond donors (Lipinski definition) is 1. The molecule has 154 valence electrons. The van der Waals surface area contributed by atoms with Crippen LogP contribution in [0.3, 0.4) is 0 Å². The Morgan fingerprint density at radius 1 is 1.21 bits per heavy atom. The van der Waals surface area contributed by atoms with Gasteiger partial charge in [-0.1, -0.05) is 0 Å². The smallest absolute Gasteiger partial charge is 0.246 e. The number of fused-ring (bicyclic) bond motifs is 1. The molecule has 1 aromatic heterocycles. The number of hydrazone groups is 1. The van der Waals surface area contributed by atoms with E-state index in [2.05, 4.69) is 20.4 Å². The zero-order chi connectivity index (χ0) is 20.1. The van der Waals surface area contributed by atoms with E-state index >= 15 is 0 Å². The Kier molecular flexibility index (Phi) is 6.26. The predicted molar refractivity (Wildman–Crippen MR) is 111 cm³/mol. The number of nitrogens with one attached hydrogen (secondary N) is 1. The van der Waals surface area contributed by atoms with Crippen molar-refractivity contribution >= 4 is 28.1 Å². The molecule has 0 bridgehead atoms. The van der Waals surface area contributed by atoms with Crippen LogP contribution in [0.1, 0.15) is 24.6 Å². The maximum absolute atomic E-state index is 12.3. The summed E-state index contributed by atoms with van der Waals surface area (Å²) in [7, 11) is 0. The number of benzene rings is 1. The number of morpholine rings is 1. The van der Waals surface area contributed by atoms with Crippen LogP contribution >= 0.6 is 11.3 Å². The molecule has 0 aliphatic carbocycles. The number of rotatable bonds is 5. The molecule has 0 saturated carbocycles. The Morgan fingerprint density at radius 3 is 2.83 bits per heavy atom. The standard InChI is InChI=1S/C20H24N4O4S/c1-14(15-3-4-17-18(11-15)28-8-2-7-27-17)22-23-19(25)12-16-13-29-20(21-16)24-5-9-26-10-6-24/h3-4,11,13H,2,5-10,12H2,1H3,(H,23,25)/b22-14-. The van der Waals surface area contributed by atoms with Crippen LogP contribution in [-0.2, 0) is 16.0 Å². The quantitative estimate of drug-likeness (QED) is 0.594. The van der Waals surface area contributed by atoms with Gasteiger partial charge in [-0.3, -0.25) is 4.79 Å². The molecule has 8 nitrogen and oxygen atoms in total. The molecular formula is C20H24N4O4S. The van der Waals surface area contributed by atoms with Crippen LogP contribution in [0, 0.1) is 0 Å². The van der Waals surface area contributed by atoms with Gasteiger partial charge in [-0.15, -0.1) is 11.3 Å². The van der Waals surface area contributed by atoms with E-state index in [9.17, 15) is 4.79 Å². The van der Waals surface area contributed by atoms with Gasteiger partial charge in [0.1, 0.15) is 0 Å². The van der Waals surface area contributed by atoms with Gasteiger partial charge in [-0.25, -0.2) is 10.4 Å². The van der Waals surface area contributed by atoms with Gasteiger partial charge in [0.25, 0.3) is 0 Å². The molecule has 1 saturated heterocycles. The van der Waals surface area contributed by atoms with Crippen LogP contribution < -0.4 is 19.8 Å². The average Bonchev–Trinajstić information content (AvgIpc) is 3.08. The molecule has 4 rings (SSSR count). The highest BCUT2D eigenvalue weighted by atomic mass is 32.1. The second kappa shape index (κ2) is 9.23. The summed E-state index contributed by atoms with van der Waals surface area (Å²) < 4.78 is 16.7. The van der Waals surface area contributed by atoms with E-state index in [1.54, 1.807) is 11.3 Å². The molecule has 29 heavy (non-hydrogen) atoms. The van der Waals surface area contributed by atoms with Crippen LogP contribution in [0.4, 0.5) is 5.13 Å². The molecule has 2 aliphatic heterocycles. The fraction of sp³-hybridized carbons (Fsp3) is 0.450. The van der Waals surface area contributed by atoms with Gasteiger partial charge in [0.15, 0.2) is 16.6 Å². The van der Waals surface area contributed by atoms with Gasteiger partial charge in [0.2, 0.25) is 5.91 Å². The number of carbonyl (C=O) groups is 1. The number of anilines is 1. The maximum Gasteiger partial charge on any atom is 0.246 e. The molecule has 3 heterocycles. The van der Waals surface area contributed by atoms with E-state index in [0.29, 0.717) is 37.9 Å². The summed E-state index contributed by atoms with van der Waals surface area (Å²) in [5.41, 5.74) is 4.93. The molecule has 2 aromatic rings. The first-order valence-electron chi connectivity index (χ1n) is 9.69. The number of aromatic nitrogens is 1. The third-order valence-electron chi connectivity index (χ3n) is 4.68. The lowest BCUT2D eigenvalue weighted by atomic mass is 10.1. The lowest BCUT2D eigenvalue weighted by Crippen LogP contribution is -2.36. The number of ether oxygens (including phenoxy) is 3. The third-order valence-corrected chi connectivity index (χ3v) is 5.63. The molecule has 2 aliphatic rings. The molecular weight excluding hydrogens is 392 g/mol. The summed E-state index contributed by atoms with van der Waals surface area (Å²) >= 11 is 1.55. The second-order valence-corrected chi connectivity index (χ2v) is 7.68. The van der Waals surface area contributed by atoms with Gasteiger partial charge in [0.05, 0.1) is 44.3 Å². The van der Waals surface area contributed by atoms with Crippen LogP contribution in [0.5, 0.6) is 11.5 Å². The molecule has 1 fully saturated rings. The molecule has 0 radical (unpaired) electrons. The molecule has 9 heteroatoms. The van der Waals surface area contributed by atoms with Crippen molar-refractivity contribution in [1.82, 2.24) is 10.4 Å². The third kappa shape index (κ3) is 5.04. The first kappa shape index (κ1) is 19.7. The Hall–Kier alpha value is -2.65. The first-order chi connectivity index (χ1) is 14.2. The lowest BCUT2D eigenvalue weighted by Gasteiger charge is -2.26. The summed E-state index contributed by atoms with van der Waals surface area (Å²) in [6, 6.07) is 5.67. The van der Waals surface area contributed by atoms with Crippen LogP contribution in [0.2, 0.25) is 0 Å². The fourth-order valence-corrected chi connectivity index (χ4v) is 3.96. The molecule has 0 spiro atoms. The second-order valence-electron chi connectivity index (χ2n) is 6.84. The Morgan fingerprint density at radius 2 is 2.00 bits per heavy atom. The van der Waals surface area contributed by atoms with Gasteiger partial charge < -0.3 is 19.1 Å². The van der Waals surface area contributed by atoms with E-state index in [0.717, 1.165) is 41.6 Å². The van der Waals surface area contributed by atoms with Crippen molar-refractivity contribution in [2.24, 2.45) is 5.10 Å². The number of hydrogen-bond acceptors (Lipinski definition) is 8. The number of carbonyl (C=O) groups excluding carboxylic acids is 1. The van der Waals surface area contributed by atoms with Crippen molar-refractivity contribution in [3.8, 4) is 11.5 Å². The minimum atomic E-state index is -0.197. The predicted octanol–water partition coefficient (Wildman–Crippen LogP) is 2.22. The molecule has 1 amide bonds. The first-order valence-corrected chi connectivity index (χ1v) is 10.6. The highest BCUT2D eigenvalue weighted by Gasteiger charge is 2.16. The van der Waals surface area contributed by atoms with Gasteiger partial charge in [-0.2, -0.15) is 5.10 Å². The monoisotopic (exact) mass is 416 g/mol. The summed E-state index contributed by atoms with van der Waals surface area (Å²) in [5.74, 6) is 1.25. The minimum Gasteiger partial charge on any atom is -0.490 e. The van der Waals surface area contributed by atoms with E-state index in [-0.39, 0.29) is 12.3 Å². The van der Waals surface area contributed by atoms with Crippen molar-refractivity contribution in [1.29, 1.82) is 0 Å². The molecule has 1 aromatic carbocycles. The largest absolute Gasteiger partial charge is 0.490 e. The van der Waals surface area contributed by atoms with Gasteiger partial charge in [-0.05, 0) is 25.1 Å². The zero-order valence-corrected chi connectivity index (χ0v) is 17.2. The maximum atomic E-state index is 12.3. The van der Waals surface area contributed by atoms with Crippen LogP contribution in [0.25, 0.3) is 0 Å². The van der Waals surface area contributed by atoms with Crippen molar-refractivity contribution in [3.63, 3.8) is 0 Å². The summed E-state index contributed by atoms with van der Waals surface area (Å²) in [4.78, 5) is 19.0. The normalized spacial score (nSPS) is 17.0. The van der Waals surface area contributed by atoms with E-state index < -0.39 is 0 Å². The summed E-state index contributed by atoms with van der Waals surface area (Å²) in [6.45, 7) is 6.21. The van der Waals surface area contributed by atoms with E-state index in [4.69, 9.17) is 14.2 Å². The highest BCUT2D eigenvalue weighted by molar-refractivity contribution is 7.13. The molecule has 0 unspecified atom stereocenters. The van der Waals surface area contributed by atoms with Crippen LogP contribution in [0.15, 0.2) is 28.7 Å². The van der Waals surface area contributed by atoms with Crippen molar-refractivity contribution < 1.29 is 19.0 Å². The average molecular weight is 417 g/mol. The fourth-order valence-electron chi connectivity index (χ4n) is 3.08.